The second-order valence-electron chi connectivity index (χ2n) is 3.54. The first kappa shape index (κ1) is 12.7. The van der Waals surface area contributed by atoms with Gasteiger partial charge in [-0.3, -0.25) is 5.41 Å². The van der Waals surface area contributed by atoms with Crippen molar-refractivity contribution in [2.75, 3.05) is 12.8 Å². The number of amidine groups is 1. The molecule has 1 aromatic rings. The molecule has 0 aromatic heterocycles. The number of nitrogens with zero attached hydrogens (tertiary/aromatic N) is 1. The summed E-state index contributed by atoms with van der Waals surface area (Å²) in [5.74, 6) is -0.165. The first-order valence-electron chi connectivity index (χ1n) is 4.71. The van der Waals surface area contributed by atoms with Crippen molar-refractivity contribution in [3.8, 4) is 0 Å². The van der Waals surface area contributed by atoms with Crippen LogP contribution in [-0.2, 0) is 16.6 Å². The summed E-state index contributed by atoms with van der Waals surface area (Å²) in [5.41, 5.74) is 6.09. The Bertz CT molecular complexity index is 456. The molecule has 0 aliphatic rings. The normalized spacial score (nSPS) is 11.6. The lowest BCUT2D eigenvalue weighted by atomic mass is 10.2. The average molecular weight is 241 g/mol. The van der Waals surface area contributed by atoms with Crippen LogP contribution >= 0.6 is 0 Å². The van der Waals surface area contributed by atoms with E-state index in [1.54, 1.807) is 0 Å². The number of benzene rings is 1. The van der Waals surface area contributed by atoms with Gasteiger partial charge in [-0.15, -0.1) is 0 Å². The van der Waals surface area contributed by atoms with Gasteiger partial charge in [-0.05, 0) is 5.56 Å². The van der Waals surface area contributed by atoms with Crippen LogP contribution in [0.2, 0.25) is 0 Å². The summed E-state index contributed by atoms with van der Waals surface area (Å²) >= 11 is 0. The highest BCUT2D eigenvalue weighted by Gasteiger charge is 2.17. The van der Waals surface area contributed by atoms with E-state index >= 15 is 0 Å². The lowest BCUT2D eigenvalue weighted by molar-refractivity contribution is 0.450. The Morgan fingerprint density at radius 1 is 1.38 bits per heavy atom. The zero-order valence-electron chi connectivity index (χ0n) is 9.05. The third-order valence-corrected chi connectivity index (χ3v) is 3.21. The Balaban J connectivity index is 2.84. The minimum Gasteiger partial charge on any atom is -0.387 e. The number of rotatable bonds is 5. The predicted octanol–water partition coefficient (Wildman–Crippen LogP) is 0.384. The fourth-order valence-electron chi connectivity index (χ4n) is 1.27. The van der Waals surface area contributed by atoms with Crippen LogP contribution in [-0.4, -0.2) is 31.4 Å². The summed E-state index contributed by atoms with van der Waals surface area (Å²) in [5, 5.41) is 7.14. The first-order valence-corrected chi connectivity index (χ1v) is 6.56. The average Bonchev–Trinajstić information content (AvgIpc) is 2.16. The summed E-state index contributed by atoms with van der Waals surface area (Å²) < 4.78 is 24.1. The largest absolute Gasteiger partial charge is 0.387 e. The molecule has 3 N–H and O–H groups in total. The molecule has 5 nitrogen and oxygen atoms in total. The second-order valence-corrected chi connectivity index (χ2v) is 5.52. The van der Waals surface area contributed by atoms with Crippen molar-refractivity contribution in [1.82, 2.24) is 4.31 Å². The van der Waals surface area contributed by atoms with Crippen molar-refractivity contribution in [2.45, 2.75) is 6.54 Å². The molecule has 0 saturated heterocycles. The molecular weight excluding hydrogens is 226 g/mol. The van der Waals surface area contributed by atoms with Crippen LogP contribution in [0.15, 0.2) is 30.3 Å². The SMILES string of the molecule is CS(=O)(=O)N(CC(=N)N)Cc1ccccc1. The van der Waals surface area contributed by atoms with Crippen molar-refractivity contribution < 1.29 is 8.42 Å². The minimum absolute atomic E-state index is 0.0757. The molecule has 0 radical (unpaired) electrons. The monoisotopic (exact) mass is 241 g/mol. The maximum absolute atomic E-state index is 11.4. The Hall–Kier alpha value is -1.40. The first-order chi connectivity index (χ1) is 7.39. The molecule has 1 aromatic carbocycles. The number of hydrogen-bond acceptors (Lipinski definition) is 3. The van der Waals surface area contributed by atoms with Gasteiger partial charge in [-0.1, -0.05) is 30.3 Å². The predicted molar refractivity (Wildman–Crippen MR) is 63.6 cm³/mol. The van der Waals surface area contributed by atoms with Crippen molar-refractivity contribution in [3.63, 3.8) is 0 Å². The third kappa shape index (κ3) is 4.00. The summed E-state index contributed by atoms with van der Waals surface area (Å²) in [6.45, 7) is 0.160. The van der Waals surface area contributed by atoms with Crippen LogP contribution in [0.1, 0.15) is 5.56 Å². The molecule has 6 heteroatoms. The smallest absolute Gasteiger partial charge is 0.211 e. The maximum Gasteiger partial charge on any atom is 0.211 e. The highest BCUT2D eigenvalue weighted by molar-refractivity contribution is 7.88. The van der Waals surface area contributed by atoms with Gasteiger partial charge in [-0.25, -0.2) is 8.42 Å². The van der Waals surface area contributed by atoms with Gasteiger partial charge in [0.05, 0.1) is 12.8 Å². The molecule has 0 aliphatic heterocycles. The Labute approximate surface area is 95.4 Å². The Kier molecular flexibility index (Phi) is 4.03. The quantitative estimate of drug-likeness (QED) is 0.577. The standard InChI is InChI=1S/C10H15N3O2S/c1-16(14,15)13(8-10(11)12)7-9-5-3-2-4-6-9/h2-6H,7-8H2,1H3,(H3,11,12). The highest BCUT2D eigenvalue weighted by atomic mass is 32.2. The van der Waals surface area contributed by atoms with Gasteiger partial charge < -0.3 is 5.73 Å². The van der Waals surface area contributed by atoms with Crippen LogP contribution in [0.5, 0.6) is 0 Å². The minimum atomic E-state index is -3.35. The van der Waals surface area contributed by atoms with Gasteiger partial charge in [0.2, 0.25) is 10.0 Å². The number of hydrogen-bond donors (Lipinski definition) is 2. The summed E-state index contributed by atoms with van der Waals surface area (Å²) in [6.07, 6.45) is 1.11. The molecule has 0 fully saturated rings. The van der Waals surface area contributed by atoms with Gasteiger partial charge in [0.25, 0.3) is 0 Å². The summed E-state index contributed by atoms with van der Waals surface area (Å²) in [7, 11) is -3.35. The van der Waals surface area contributed by atoms with Crippen molar-refractivity contribution >= 4 is 15.9 Å². The van der Waals surface area contributed by atoms with E-state index in [1.807, 2.05) is 30.3 Å². The fourth-order valence-corrected chi connectivity index (χ4v) is 2.02. The Morgan fingerprint density at radius 2 is 1.94 bits per heavy atom. The van der Waals surface area contributed by atoms with Gasteiger partial charge >= 0.3 is 0 Å². The molecular formula is C10H15N3O2S. The number of nitrogens with two attached hydrogens (primary N) is 1. The van der Waals surface area contributed by atoms with Crippen LogP contribution < -0.4 is 5.73 Å². The molecule has 0 atom stereocenters. The van der Waals surface area contributed by atoms with E-state index in [1.165, 1.54) is 4.31 Å². The van der Waals surface area contributed by atoms with Crippen molar-refractivity contribution in [3.05, 3.63) is 35.9 Å². The van der Waals surface area contributed by atoms with Gasteiger partial charge in [0.1, 0.15) is 5.84 Å². The molecule has 0 bridgehead atoms. The van der Waals surface area contributed by atoms with E-state index in [0.29, 0.717) is 0 Å². The Morgan fingerprint density at radius 3 is 2.38 bits per heavy atom. The number of sulfonamides is 1. The lowest BCUT2D eigenvalue weighted by Crippen LogP contribution is -2.36. The van der Waals surface area contributed by atoms with Gasteiger partial charge in [0, 0.05) is 6.54 Å². The second kappa shape index (κ2) is 5.09. The van der Waals surface area contributed by atoms with Crippen LogP contribution in [0.4, 0.5) is 0 Å². The van der Waals surface area contributed by atoms with Gasteiger partial charge in [0.15, 0.2) is 0 Å². The van der Waals surface area contributed by atoms with Crippen LogP contribution in [0, 0.1) is 5.41 Å². The van der Waals surface area contributed by atoms with E-state index in [4.69, 9.17) is 11.1 Å². The molecule has 88 valence electrons. The fraction of sp³-hybridized carbons (Fsp3) is 0.300. The zero-order chi connectivity index (χ0) is 12.2. The topological polar surface area (TPSA) is 87.2 Å². The molecule has 0 aliphatic carbocycles. The molecule has 0 saturated carbocycles. The van der Waals surface area contributed by atoms with E-state index in [9.17, 15) is 8.42 Å². The summed E-state index contributed by atoms with van der Waals surface area (Å²) in [6, 6.07) is 9.20. The maximum atomic E-state index is 11.4. The molecule has 1 rings (SSSR count). The van der Waals surface area contributed by atoms with Gasteiger partial charge in [-0.2, -0.15) is 4.31 Å². The van der Waals surface area contributed by atoms with E-state index in [2.05, 4.69) is 0 Å². The molecule has 0 amide bonds. The van der Waals surface area contributed by atoms with Crippen molar-refractivity contribution in [2.24, 2.45) is 5.73 Å². The van der Waals surface area contributed by atoms with Crippen LogP contribution in [0.3, 0.4) is 0 Å². The molecule has 0 spiro atoms. The zero-order valence-corrected chi connectivity index (χ0v) is 9.87. The van der Waals surface area contributed by atoms with E-state index in [-0.39, 0.29) is 18.9 Å². The molecule has 16 heavy (non-hydrogen) atoms. The van der Waals surface area contributed by atoms with Crippen molar-refractivity contribution in [1.29, 1.82) is 5.41 Å². The van der Waals surface area contributed by atoms with Crippen LogP contribution in [0.25, 0.3) is 0 Å². The number of nitrogens with one attached hydrogen (secondary N) is 1. The molecule has 0 heterocycles. The lowest BCUT2D eigenvalue weighted by Gasteiger charge is -2.19. The van der Waals surface area contributed by atoms with E-state index < -0.39 is 10.0 Å². The third-order valence-electron chi connectivity index (χ3n) is 2.02. The molecule has 0 unspecified atom stereocenters. The highest BCUT2D eigenvalue weighted by Crippen LogP contribution is 2.07. The summed E-state index contributed by atoms with van der Waals surface area (Å²) in [4.78, 5) is 0. The van der Waals surface area contributed by atoms with E-state index in [0.717, 1.165) is 11.8 Å².